The first kappa shape index (κ1) is 14.8. The average molecular weight is 318 g/mol. The Hall–Kier alpha value is -2.77. The lowest BCUT2D eigenvalue weighted by molar-refractivity contribution is 0.103. The Kier molecular flexibility index (Phi) is 3.72. The molecule has 4 nitrogen and oxygen atoms in total. The van der Waals surface area contributed by atoms with Gasteiger partial charge in [0.2, 0.25) is 0 Å². The number of aromatic nitrogens is 1. The van der Waals surface area contributed by atoms with Gasteiger partial charge in [-0.05, 0) is 23.8 Å². The molecule has 2 bridgehead atoms. The second kappa shape index (κ2) is 6.03. The van der Waals surface area contributed by atoms with Crippen molar-refractivity contribution >= 4 is 11.8 Å². The van der Waals surface area contributed by atoms with E-state index in [1.165, 1.54) is 0 Å². The van der Waals surface area contributed by atoms with Gasteiger partial charge in [0, 0.05) is 35.2 Å². The van der Waals surface area contributed by atoms with Gasteiger partial charge in [-0.3, -0.25) is 0 Å². The van der Waals surface area contributed by atoms with E-state index in [1.54, 1.807) is 0 Å². The lowest BCUT2D eigenvalue weighted by Crippen LogP contribution is -2.30. The van der Waals surface area contributed by atoms with Crippen molar-refractivity contribution in [1.29, 1.82) is 5.26 Å². The second-order valence-electron chi connectivity index (χ2n) is 6.04. The molecule has 1 N–H and O–H groups in total. The Morgan fingerprint density at radius 2 is 2.17 bits per heavy atom. The summed E-state index contributed by atoms with van der Waals surface area (Å²) in [5, 5.41) is 11.0. The van der Waals surface area contributed by atoms with Crippen molar-refractivity contribution < 1.29 is 9.47 Å². The third-order valence-corrected chi connectivity index (χ3v) is 4.53. The molecule has 1 unspecified atom stereocenters. The highest BCUT2D eigenvalue weighted by molar-refractivity contribution is 5.64. The van der Waals surface area contributed by atoms with E-state index in [0.717, 1.165) is 27.5 Å². The fourth-order valence-electron chi connectivity index (χ4n) is 3.36. The minimum atomic E-state index is -0.451. The zero-order valence-electron chi connectivity index (χ0n) is 13.3. The number of benzene rings is 1. The molecule has 3 heterocycles. The molecule has 1 atom stereocenters. The van der Waals surface area contributed by atoms with E-state index in [4.69, 9.17) is 14.7 Å². The highest BCUT2D eigenvalue weighted by atomic mass is 16.5. The van der Waals surface area contributed by atoms with Crippen LogP contribution in [0.5, 0.6) is 0 Å². The number of nitriles is 1. The van der Waals surface area contributed by atoms with Gasteiger partial charge < -0.3 is 14.5 Å². The molecule has 2 aliphatic rings. The molecule has 2 aliphatic heterocycles. The van der Waals surface area contributed by atoms with Gasteiger partial charge in [-0.15, -0.1) is 0 Å². The normalized spacial score (nSPS) is 21.0. The predicted molar refractivity (Wildman–Crippen MR) is 90.8 cm³/mol. The van der Waals surface area contributed by atoms with Gasteiger partial charge in [0.15, 0.2) is 5.60 Å². The van der Waals surface area contributed by atoms with Gasteiger partial charge in [0.1, 0.15) is 5.76 Å². The minimum absolute atomic E-state index is 0.451. The van der Waals surface area contributed by atoms with E-state index in [1.807, 2.05) is 36.5 Å². The second-order valence-corrected chi connectivity index (χ2v) is 6.04. The van der Waals surface area contributed by atoms with Gasteiger partial charge in [-0.1, -0.05) is 30.3 Å². The number of nitrogens with zero attached hydrogens (tertiary/aromatic N) is 1. The van der Waals surface area contributed by atoms with Crippen LogP contribution in [0.2, 0.25) is 0 Å². The summed E-state index contributed by atoms with van der Waals surface area (Å²) in [5.74, 6) is 0.887. The molecule has 2 aromatic rings. The summed E-state index contributed by atoms with van der Waals surface area (Å²) in [6.07, 6.45) is 9.26. The fraction of sp³-hybridized carbons (Fsp3) is 0.250. The van der Waals surface area contributed by atoms with Crippen LogP contribution in [0, 0.1) is 11.3 Å². The number of hydrogen-bond acceptors (Lipinski definition) is 3. The van der Waals surface area contributed by atoms with Crippen molar-refractivity contribution in [2.24, 2.45) is 0 Å². The molecule has 0 saturated heterocycles. The summed E-state index contributed by atoms with van der Waals surface area (Å²) in [5.41, 5.74) is 1.84. The van der Waals surface area contributed by atoms with Crippen LogP contribution in [0.3, 0.4) is 0 Å². The van der Waals surface area contributed by atoms with Crippen molar-refractivity contribution in [3.05, 3.63) is 70.4 Å². The number of H-pyrrole nitrogens is 1. The molecule has 24 heavy (non-hydrogen) atoms. The van der Waals surface area contributed by atoms with Crippen molar-refractivity contribution in [2.75, 3.05) is 6.61 Å². The molecule has 1 aromatic carbocycles. The zero-order valence-corrected chi connectivity index (χ0v) is 13.3. The van der Waals surface area contributed by atoms with E-state index >= 15 is 0 Å². The molecule has 0 amide bonds. The maximum absolute atomic E-state index is 8.87. The number of nitrogens with one attached hydrogen (secondary N) is 1. The monoisotopic (exact) mass is 318 g/mol. The average Bonchev–Trinajstić information content (AvgIpc) is 3.30. The zero-order chi connectivity index (χ0) is 16.4. The predicted octanol–water partition coefficient (Wildman–Crippen LogP) is 2.22. The van der Waals surface area contributed by atoms with Crippen molar-refractivity contribution in [1.82, 2.24) is 4.98 Å². The topological polar surface area (TPSA) is 58.0 Å². The highest BCUT2D eigenvalue weighted by Gasteiger charge is 2.42. The molecule has 0 aliphatic carbocycles. The first-order valence-electron chi connectivity index (χ1n) is 8.12. The van der Waals surface area contributed by atoms with Crippen LogP contribution >= 0.6 is 0 Å². The maximum Gasteiger partial charge on any atom is 0.156 e. The van der Waals surface area contributed by atoms with E-state index in [0.29, 0.717) is 26.1 Å². The lowest BCUT2D eigenvalue weighted by Gasteiger charge is -2.22. The first-order valence-corrected chi connectivity index (χ1v) is 8.12. The summed E-state index contributed by atoms with van der Waals surface area (Å²) in [4.78, 5) is 3.32. The Bertz CT molecular complexity index is 934. The van der Waals surface area contributed by atoms with Crippen LogP contribution in [0.4, 0.5) is 0 Å². The van der Waals surface area contributed by atoms with E-state index in [9.17, 15) is 0 Å². The minimum Gasteiger partial charge on any atom is -0.478 e. The number of aromatic amines is 1. The molecule has 0 radical (unpaired) electrons. The SMILES string of the molecule is N#CCCC12C=CC(=c3c1c[nH]c3=CCOCc1ccccc1)O2. The number of fused-ring (bicyclic) bond motifs is 4. The van der Waals surface area contributed by atoms with Crippen molar-refractivity contribution in [3.8, 4) is 6.07 Å². The van der Waals surface area contributed by atoms with Crippen molar-refractivity contribution in [3.63, 3.8) is 0 Å². The fourth-order valence-corrected chi connectivity index (χ4v) is 3.36. The number of rotatable bonds is 6. The lowest BCUT2D eigenvalue weighted by atomic mass is 9.89. The molecule has 120 valence electrons. The molecule has 1 aromatic heterocycles. The van der Waals surface area contributed by atoms with Crippen LogP contribution in [0.1, 0.15) is 24.0 Å². The highest BCUT2D eigenvalue weighted by Crippen LogP contribution is 2.41. The summed E-state index contributed by atoms with van der Waals surface area (Å²) in [6.45, 7) is 1.13. The largest absolute Gasteiger partial charge is 0.478 e. The van der Waals surface area contributed by atoms with Crippen LogP contribution in [-0.4, -0.2) is 11.6 Å². The van der Waals surface area contributed by atoms with E-state index in [-0.39, 0.29) is 0 Å². The molecular formula is C20H18N2O2. The smallest absolute Gasteiger partial charge is 0.156 e. The number of ether oxygens (including phenoxy) is 2. The third kappa shape index (κ3) is 2.44. The number of hydrogen-bond donors (Lipinski definition) is 1. The Morgan fingerprint density at radius 3 is 3.00 bits per heavy atom. The van der Waals surface area contributed by atoms with Gasteiger partial charge >= 0.3 is 0 Å². The Balaban J connectivity index is 1.51. The summed E-state index contributed by atoms with van der Waals surface area (Å²) in [7, 11) is 0. The standard InChI is InChI=1S/C20H18N2O2/c21-11-4-9-20-10-7-18(24-20)19-16(20)13-22-17(19)8-12-23-14-15-5-2-1-3-6-15/h1-3,5-8,10,13,22H,4,9,12,14H2. The summed E-state index contributed by atoms with van der Waals surface area (Å²) < 4.78 is 11.8. The molecule has 0 saturated carbocycles. The maximum atomic E-state index is 8.87. The van der Waals surface area contributed by atoms with Gasteiger partial charge in [-0.25, -0.2) is 0 Å². The quantitative estimate of drug-likeness (QED) is 0.831. The molecule has 0 fully saturated rings. The third-order valence-electron chi connectivity index (χ3n) is 4.53. The molecule has 0 spiro atoms. The molecule has 4 heteroatoms. The molecular weight excluding hydrogens is 300 g/mol. The van der Waals surface area contributed by atoms with Crippen LogP contribution < -0.4 is 10.6 Å². The van der Waals surface area contributed by atoms with E-state index < -0.39 is 5.60 Å². The van der Waals surface area contributed by atoms with Crippen LogP contribution in [-0.2, 0) is 21.7 Å². The van der Waals surface area contributed by atoms with Crippen molar-refractivity contribution in [2.45, 2.75) is 25.0 Å². The first-order chi connectivity index (χ1) is 11.8. The van der Waals surface area contributed by atoms with Gasteiger partial charge in [-0.2, -0.15) is 5.26 Å². The summed E-state index contributed by atoms with van der Waals surface area (Å²) >= 11 is 0. The van der Waals surface area contributed by atoms with E-state index in [2.05, 4.69) is 29.3 Å². The summed E-state index contributed by atoms with van der Waals surface area (Å²) in [6, 6.07) is 12.3. The van der Waals surface area contributed by atoms with Gasteiger partial charge in [0.25, 0.3) is 0 Å². The van der Waals surface area contributed by atoms with Crippen LogP contribution in [0.25, 0.3) is 11.8 Å². The Morgan fingerprint density at radius 1 is 1.29 bits per heavy atom. The molecule has 4 rings (SSSR count). The van der Waals surface area contributed by atoms with Gasteiger partial charge in [0.05, 0.1) is 19.3 Å². The van der Waals surface area contributed by atoms with Crippen LogP contribution in [0.15, 0.2) is 48.7 Å². The Labute approximate surface area is 140 Å².